The molecule has 0 aliphatic carbocycles. The second-order valence-corrected chi connectivity index (χ2v) is 9.59. The average Bonchev–Trinajstić information content (AvgIpc) is 3.15. The molecule has 156 valence electrons. The lowest BCUT2D eigenvalue weighted by atomic mass is 9.88. The maximum Gasteiger partial charge on any atom is 0.231 e. The zero-order chi connectivity index (χ0) is 20.6. The zero-order valence-electron chi connectivity index (χ0n) is 18.4. The van der Waals surface area contributed by atoms with Gasteiger partial charge >= 0.3 is 0 Å². The molecule has 2 aromatic carbocycles. The Hall–Kier alpha value is -2.04. The van der Waals surface area contributed by atoms with Gasteiger partial charge in [0, 0.05) is 37.8 Å². The summed E-state index contributed by atoms with van der Waals surface area (Å²) in [6.45, 7) is 16.1. The number of hydrogen-bond acceptors (Lipinski definition) is 4. The van der Waals surface area contributed by atoms with Crippen LogP contribution in [0.1, 0.15) is 63.3 Å². The van der Waals surface area contributed by atoms with Gasteiger partial charge in [-0.25, -0.2) is 0 Å². The Labute approximate surface area is 175 Å². The van der Waals surface area contributed by atoms with E-state index >= 15 is 0 Å². The molecule has 4 nitrogen and oxygen atoms in total. The van der Waals surface area contributed by atoms with E-state index in [-0.39, 0.29) is 5.54 Å². The van der Waals surface area contributed by atoms with Crippen molar-refractivity contribution in [2.45, 2.75) is 58.7 Å². The highest BCUT2D eigenvalue weighted by atomic mass is 16.7. The van der Waals surface area contributed by atoms with Gasteiger partial charge in [0.25, 0.3) is 0 Å². The Morgan fingerprint density at radius 3 is 2.52 bits per heavy atom. The third-order valence-electron chi connectivity index (χ3n) is 6.15. The molecule has 1 atom stereocenters. The maximum atomic E-state index is 5.57. The van der Waals surface area contributed by atoms with E-state index in [1.165, 1.54) is 16.7 Å². The van der Waals surface area contributed by atoms with E-state index in [1.54, 1.807) is 0 Å². The monoisotopic (exact) mass is 394 g/mol. The minimum Gasteiger partial charge on any atom is -0.454 e. The minimum absolute atomic E-state index is 0.138. The molecule has 4 rings (SSSR count). The zero-order valence-corrected chi connectivity index (χ0v) is 18.4. The first kappa shape index (κ1) is 20.2. The van der Waals surface area contributed by atoms with Crippen molar-refractivity contribution in [3.63, 3.8) is 0 Å². The largest absolute Gasteiger partial charge is 0.454 e. The topological polar surface area (TPSA) is 24.9 Å². The number of fused-ring (bicyclic) bond motifs is 1. The lowest BCUT2D eigenvalue weighted by molar-refractivity contribution is 0.00554. The molecule has 2 aliphatic rings. The normalized spacial score (nSPS) is 20.4. The molecule has 29 heavy (non-hydrogen) atoms. The van der Waals surface area contributed by atoms with Crippen LogP contribution in [0, 0.1) is 0 Å². The van der Waals surface area contributed by atoms with Crippen molar-refractivity contribution in [1.29, 1.82) is 0 Å². The lowest BCUT2D eigenvalue weighted by Crippen LogP contribution is -2.55. The molecule has 2 aromatic rings. The van der Waals surface area contributed by atoms with Crippen LogP contribution in [0.3, 0.4) is 0 Å². The summed E-state index contributed by atoms with van der Waals surface area (Å²) in [7, 11) is 0. The van der Waals surface area contributed by atoms with Crippen LogP contribution in [0.5, 0.6) is 11.5 Å². The van der Waals surface area contributed by atoms with Gasteiger partial charge in [0.2, 0.25) is 6.79 Å². The number of benzene rings is 2. The quantitative estimate of drug-likeness (QED) is 0.712. The summed E-state index contributed by atoms with van der Waals surface area (Å²) in [4.78, 5) is 5.27. The first-order chi connectivity index (χ1) is 13.8. The van der Waals surface area contributed by atoms with Crippen LogP contribution in [0.4, 0.5) is 0 Å². The van der Waals surface area contributed by atoms with Crippen molar-refractivity contribution >= 4 is 0 Å². The van der Waals surface area contributed by atoms with Crippen LogP contribution in [0.25, 0.3) is 0 Å². The molecule has 0 radical (unpaired) electrons. The number of piperazine rings is 1. The summed E-state index contributed by atoms with van der Waals surface area (Å²) >= 11 is 0. The molecule has 2 heterocycles. The standard InChI is InChI=1S/C25H34N2O2/c1-18(2)20-8-6-7-9-21(20)22-16-26(12-13-27(22)25(3,4)5)15-19-10-11-23-24(14-19)29-17-28-23/h6-11,14,18,22H,12-13,15-17H2,1-5H3. The smallest absolute Gasteiger partial charge is 0.231 e. The molecule has 0 saturated carbocycles. The minimum atomic E-state index is 0.138. The molecular formula is C25H34N2O2. The molecule has 0 aromatic heterocycles. The lowest BCUT2D eigenvalue weighted by Gasteiger charge is -2.49. The molecule has 0 spiro atoms. The molecular weight excluding hydrogens is 360 g/mol. The van der Waals surface area contributed by atoms with Crippen molar-refractivity contribution in [3.8, 4) is 11.5 Å². The van der Waals surface area contributed by atoms with Crippen LogP contribution in [0.2, 0.25) is 0 Å². The first-order valence-electron chi connectivity index (χ1n) is 10.8. The van der Waals surface area contributed by atoms with Crippen LogP contribution in [-0.2, 0) is 6.54 Å². The third kappa shape index (κ3) is 4.29. The average molecular weight is 395 g/mol. The number of ether oxygens (including phenoxy) is 2. The van der Waals surface area contributed by atoms with Crippen LogP contribution >= 0.6 is 0 Å². The summed E-state index contributed by atoms with van der Waals surface area (Å²) in [5.41, 5.74) is 4.37. The van der Waals surface area contributed by atoms with Crippen molar-refractivity contribution in [1.82, 2.24) is 9.80 Å². The third-order valence-corrected chi connectivity index (χ3v) is 6.15. The van der Waals surface area contributed by atoms with Gasteiger partial charge in [0.05, 0.1) is 0 Å². The van der Waals surface area contributed by atoms with Gasteiger partial charge in [0.15, 0.2) is 11.5 Å². The van der Waals surface area contributed by atoms with E-state index in [9.17, 15) is 0 Å². The highest BCUT2D eigenvalue weighted by Crippen LogP contribution is 2.37. The summed E-state index contributed by atoms with van der Waals surface area (Å²) < 4.78 is 11.0. The van der Waals surface area contributed by atoms with Gasteiger partial charge in [0.1, 0.15) is 0 Å². The van der Waals surface area contributed by atoms with Gasteiger partial charge in [-0.1, -0.05) is 44.2 Å². The fraction of sp³-hybridized carbons (Fsp3) is 0.520. The highest BCUT2D eigenvalue weighted by molar-refractivity contribution is 5.44. The molecule has 4 heteroatoms. The highest BCUT2D eigenvalue weighted by Gasteiger charge is 2.36. The fourth-order valence-corrected chi connectivity index (χ4v) is 4.69. The first-order valence-corrected chi connectivity index (χ1v) is 10.8. The van der Waals surface area contributed by atoms with Gasteiger partial charge in [-0.2, -0.15) is 0 Å². The number of rotatable bonds is 4. The van der Waals surface area contributed by atoms with Crippen molar-refractivity contribution < 1.29 is 9.47 Å². The number of nitrogens with zero attached hydrogens (tertiary/aromatic N) is 2. The van der Waals surface area contributed by atoms with Crippen LogP contribution < -0.4 is 9.47 Å². The SMILES string of the molecule is CC(C)c1ccccc1C1CN(Cc2ccc3c(c2)OCO3)CCN1C(C)(C)C. The van der Waals surface area contributed by atoms with Gasteiger partial charge < -0.3 is 9.47 Å². The van der Waals surface area contributed by atoms with Crippen molar-refractivity contribution in [3.05, 3.63) is 59.2 Å². The Morgan fingerprint density at radius 2 is 1.76 bits per heavy atom. The van der Waals surface area contributed by atoms with Gasteiger partial charge in [-0.05, 0) is 55.5 Å². The van der Waals surface area contributed by atoms with Crippen molar-refractivity contribution in [2.24, 2.45) is 0 Å². The van der Waals surface area contributed by atoms with E-state index in [0.717, 1.165) is 37.7 Å². The number of hydrogen-bond donors (Lipinski definition) is 0. The Morgan fingerprint density at radius 1 is 1.00 bits per heavy atom. The molecule has 2 aliphatic heterocycles. The summed E-state index contributed by atoms with van der Waals surface area (Å²) in [5.74, 6) is 2.25. The van der Waals surface area contributed by atoms with Crippen LogP contribution in [0.15, 0.2) is 42.5 Å². The van der Waals surface area contributed by atoms with Crippen molar-refractivity contribution in [2.75, 3.05) is 26.4 Å². The fourth-order valence-electron chi connectivity index (χ4n) is 4.69. The van der Waals surface area contributed by atoms with E-state index in [0.29, 0.717) is 18.8 Å². The van der Waals surface area contributed by atoms with Gasteiger partial charge in [-0.3, -0.25) is 9.80 Å². The van der Waals surface area contributed by atoms with Gasteiger partial charge in [-0.15, -0.1) is 0 Å². The molecule has 1 saturated heterocycles. The van der Waals surface area contributed by atoms with E-state index in [1.807, 2.05) is 6.07 Å². The summed E-state index contributed by atoms with van der Waals surface area (Å²) in [6.07, 6.45) is 0. The molecule has 0 bridgehead atoms. The maximum absolute atomic E-state index is 5.57. The molecule has 0 amide bonds. The van der Waals surface area contributed by atoms with E-state index in [2.05, 4.69) is 80.8 Å². The Balaban J connectivity index is 1.59. The molecule has 1 fully saturated rings. The molecule has 0 N–H and O–H groups in total. The predicted molar refractivity (Wildman–Crippen MR) is 118 cm³/mol. The summed E-state index contributed by atoms with van der Waals surface area (Å²) in [6, 6.07) is 15.7. The second-order valence-electron chi connectivity index (χ2n) is 9.59. The Bertz CT molecular complexity index is 856. The summed E-state index contributed by atoms with van der Waals surface area (Å²) in [5, 5.41) is 0. The molecule has 1 unspecified atom stereocenters. The predicted octanol–water partition coefficient (Wildman–Crippen LogP) is 5.20. The van der Waals surface area contributed by atoms with E-state index < -0.39 is 0 Å². The Kier molecular flexibility index (Phi) is 5.58. The van der Waals surface area contributed by atoms with Crippen LogP contribution in [-0.4, -0.2) is 41.8 Å². The second kappa shape index (κ2) is 8.00. The van der Waals surface area contributed by atoms with E-state index in [4.69, 9.17) is 9.47 Å².